The Kier molecular flexibility index (Phi) is 5.52. The quantitative estimate of drug-likeness (QED) is 0.571. The molecule has 2 aliphatic rings. The molecule has 1 aromatic carbocycles. The molecule has 4 heterocycles. The number of phenols is 1. The summed E-state index contributed by atoms with van der Waals surface area (Å²) in [4.78, 5) is 6.86. The molecule has 2 N–H and O–H groups in total. The Hall–Kier alpha value is -2.77. The third kappa shape index (κ3) is 4.34. The molecule has 0 aliphatic carbocycles. The third-order valence-corrected chi connectivity index (χ3v) is 7.14. The fourth-order valence-corrected chi connectivity index (χ4v) is 5.76. The molecule has 2 aliphatic heterocycles. The van der Waals surface area contributed by atoms with Crippen LogP contribution in [0.3, 0.4) is 0 Å². The number of pyridine rings is 1. The van der Waals surface area contributed by atoms with Gasteiger partial charge in [-0.2, -0.15) is 0 Å². The van der Waals surface area contributed by atoms with Crippen molar-refractivity contribution < 1.29 is 9.84 Å². The summed E-state index contributed by atoms with van der Waals surface area (Å²) in [6.45, 7) is 11.8. The maximum absolute atomic E-state index is 10.8. The monoisotopic (exact) mass is 461 g/mol. The number of benzene rings is 1. The Labute approximate surface area is 201 Å². The minimum absolute atomic E-state index is 0.0547. The number of fused-ring (bicyclic) bond motifs is 1. The first-order valence-electron chi connectivity index (χ1n) is 12.1. The number of nitrogens with zero attached hydrogens (tertiary/aromatic N) is 4. The van der Waals surface area contributed by atoms with E-state index in [1.807, 2.05) is 25.1 Å². The topological polar surface area (TPSA) is 83.4 Å². The summed E-state index contributed by atoms with van der Waals surface area (Å²) >= 11 is 0. The van der Waals surface area contributed by atoms with Crippen molar-refractivity contribution in [1.82, 2.24) is 20.5 Å². The highest BCUT2D eigenvalue weighted by atomic mass is 16.5. The molecule has 180 valence electrons. The molecule has 7 heteroatoms. The largest absolute Gasteiger partial charge is 0.507 e. The number of piperidine rings is 1. The summed E-state index contributed by atoms with van der Waals surface area (Å²) in [5.41, 5.74) is 4.22. The minimum Gasteiger partial charge on any atom is -0.507 e. The molecular weight excluding hydrogens is 426 g/mol. The van der Waals surface area contributed by atoms with Gasteiger partial charge in [0.05, 0.1) is 23.9 Å². The van der Waals surface area contributed by atoms with E-state index in [-0.39, 0.29) is 22.9 Å². The van der Waals surface area contributed by atoms with E-state index >= 15 is 0 Å². The highest BCUT2D eigenvalue weighted by molar-refractivity contribution is 5.90. The van der Waals surface area contributed by atoms with Crippen LogP contribution in [0.15, 0.2) is 30.3 Å². The van der Waals surface area contributed by atoms with E-state index in [2.05, 4.69) is 66.2 Å². The minimum atomic E-state index is 0.0547. The van der Waals surface area contributed by atoms with Crippen molar-refractivity contribution in [3.05, 3.63) is 41.6 Å². The summed E-state index contributed by atoms with van der Waals surface area (Å²) in [6.07, 6.45) is 3.14. The van der Waals surface area contributed by atoms with Crippen molar-refractivity contribution >= 4 is 16.7 Å². The normalized spacial score (nSPS) is 21.9. The molecule has 34 heavy (non-hydrogen) atoms. The van der Waals surface area contributed by atoms with Gasteiger partial charge in [-0.1, -0.05) is 0 Å². The van der Waals surface area contributed by atoms with Crippen LogP contribution < -0.4 is 10.2 Å². The van der Waals surface area contributed by atoms with E-state index < -0.39 is 0 Å². The molecule has 1 unspecified atom stereocenters. The number of rotatable bonds is 4. The molecule has 2 aromatic heterocycles. The van der Waals surface area contributed by atoms with Crippen LogP contribution in [0.4, 0.5) is 5.82 Å². The number of aryl methyl sites for hydroxylation is 1. The maximum atomic E-state index is 10.8. The number of aromatic hydroxyl groups is 1. The van der Waals surface area contributed by atoms with Crippen LogP contribution in [0, 0.1) is 6.92 Å². The Bertz CT molecular complexity index is 1200. The van der Waals surface area contributed by atoms with Gasteiger partial charge >= 0.3 is 0 Å². The molecular formula is C27H35N5O2. The Balaban J connectivity index is 1.46. The number of nitrogens with one attached hydrogen (secondary N) is 1. The summed E-state index contributed by atoms with van der Waals surface area (Å²) in [6, 6.07) is 10.1. The zero-order chi connectivity index (χ0) is 24.3. The van der Waals surface area contributed by atoms with Crippen LogP contribution in [0.5, 0.6) is 5.75 Å². The van der Waals surface area contributed by atoms with E-state index in [4.69, 9.17) is 4.74 Å². The van der Waals surface area contributed by atoms with Gasteiger partial charge in [-0.25, -0.2) is 0 Å². The van der Waals surface area contributed by atoms with E-state index in [9.17, 15) is 5.11 Å². The first-order valence-corrected chi connectivity index (χ1v) is 12.1. The molecule has 0 amide bonds. The lowest BCUT2D eigenvalue weighted by Gasteiger charge is -2.49. The standard InChI is InChI=1S/C27H35N5O2/c1-16-11-19(24-9-10-34-24)18-12-20(23(33)13-22(18)28-16)21-7-8-25(30-29-21)32(6)17-14-26(2,3)31-27(4,5)15-17/h7-8,11-13,17,24,31,33H,9-10,14-15H2,1-6H3. The van der Waals surface area contributed by atoms with Crippen molar-refractivity contribution in [1.29, 1.82) is 0 Å². The fraction of sp³-hybridized carbons (Fsp3) is 0.519. The van der Waals surface area contributed by atoms with Gasteiger partial charge in [0.25, 0.3) is 0 Å². The van der Waals surface area contributed by atoms with Crippen LogP contribution in [-0.2, 0) is 4.74 Å². The average Bonchev–Trinajstić information content (AvgIpc) is 2.69. The van der Waals surface area contributed by atoms with Gasteiger partial charge in [-0.05, 0) is 77.3 Å². The predicted octanol–water partition coefficient (Wildman–Crippen LogP) is 4.91. The van der Waals surface area contributed by atoms with Crippen LogP contribution in [0.25, 0.3) is 22.2 Å². The zero-order valence-electron chi connectivity index (χ0n) is 21.0. The summed E-state index contributed by atoms with van der Waals surface area (Å²) in [5, 5.41) is 24.6. The van der Waals surface area contributed by atoms with Crippen molar-refractivity contribution in [2.45, 2.75) is 77.1 Å². The highest BCUT2D eigenvalue weighted by Crippen LogP contribution is 2.39. The maximum Gasteiger partial charge on any atom is 0.151 e. The summed E-state index contributed by atoms with van der Waals surface area (Å²) in [7, 11) is 2.10. The van der Waals surface area contributed by atoms with Gasteiger partial charge in [-0.3, -0.25) is 4.98 Å². The Morgan fingerprint density at radius 2 is 1.76 bits per heavy atom. The number of ether oxygens (including phenoxy) is 1. The highest BCUT2D eigenvalue weighted by Gasteiger charge is 2.39. The molecule has 2 fully saturated rings. The molecule has 3 aromatic rings. The lowest BCUT2D eigenvalue weighted by Crippen LogP contribution is -2.62. The van der Waals surface area contributed by atoms with Crippen molar-refractivity contribution in [2.24, 2.45) is 0 Å². The Morgan fingerprint density at radius 3 is 2.35 bits per heavy atom. The lowest BCUT2D eigenvalue weighted by atomic mass is 9.79. The first kappa shape index (κ1) is 23.0. The SMILES string of the molecule is Cc1cc(C2CCO2)c2cc(-c3ccc(N(C)C4CC(C)(C)NC(C)(C)C4)nn3)c(O)cc2n1. The molecule has 0 bridgehead atoms. The van der Waals surface area contributed by atoms with E-state index in [0.717, 1.165) is 53.8 Å². The van der Waals surface area contributed by atoms with Crippen molar-refractivity contribution in [2.75, 3.05) is 18.6 Å². The molecule has 0 radical (unpaired) electrons. The average molecular weight is 462 g/mol. The van der Waals surface area contributed by atoms with Gasteiger partial charge < -0.3 is 20.1 Å². The van der Waals surface area contributed by atoms with Gasteiger partial charge in [0.15, 0.2) is 5.82 Å². The van der Waals surface area contributed by atoms with E-state index in [1.54, 1.807) is 6.07 Å². The van der Waals surface area contributed by atoms with E-state index in [0.29, 0.717) is 17.3 Å². The number of anilines is 1. The fourth-order valence-electron chi connectivity index (χ4n) is 5.76. The van der Waals surface area contributed by atoms with Crippen molar-refractivity contribution in [3.8, 4) is 17.0 Å². The van der Waals surface area contributed by atoms with Gasteiger partial charge in [0, 0.05) is 53.3 Å². The predicted molar refractivity (Wildman–Crippen MR) is 135 cm³/mol. The molecule has 0 spiro atoms. The van der Waals surface area contributed by atoms with Gasteiger partial charge in [0.1, 0.15) is 5.75 Å². The first-order chi connectivity index (χ1) is 16.0. The van der Waals surface area contributed by atoms with Crippen LogP contribution in [0.1, 0.15) is 64.3 Å². The van der Waals surface area contributed by atoms with Gasteiger partial charge in [-0.15, -0.1) is 10.2 Å². The number of phenolic OH excluding ortho intramolecular Hbond substituents is 1. The zero-order valence-corrected chi connectivity index (χ0v) is 21.0. The second kappa shape index (κ2) is 8.17. The Morgan fingerprint density at radius 1 is 1.06 bits per heavy atom. The second-order valence-corrected chi connectivity index (χ2v) is 11.2. The van der Waals surface area contributed by atoms with Crippen LogP contribution in [0.2, 0.25) is 0 Å². The van der Waals surface area contributed by atoms with E-state index in [1.165, 1.54) is 0 Å². The lowest BCUT2D eigenvalue weighted by molar-refractivity contribution is -0.0518. The molecule has 2 saturated heterocycles. The molecule has 1 atom stereocenters. The van der Waals surface area contributed by atoms with Crippen LogP contribution >= 0.6 is 0 Å². The smallest absolute Gasteiger partial charge is 0.151 e. The molecule has 0 saturated carbocycles. The summed E-state index contributed by atoms with van der Waals surface area (Å²) in [5.74, 6) is 0.992. The number of hydrogen-bond donors (Lipinski definition) is 2. The molecule has 5 rings (SSSR count). The second-order valence-electron chi connectivity index (χ2n) is 11.2. The van der Waals surface area contributed by atoms with Crippen LogP contribution in [-0.4, -0.2) is 51.1 Å². The summed E-state index contributed by atoms with van der Waals surface area (Å²) < 4.78 is 5.76. The van der Waals surface area contributed by atoms with Crippen molar-refractivity contribution in [3.63, 3.8) is 0 Å². The molecule has 7 nitrogen and oxygen atoms in total. The number of aromatic nitrogens is 3. The third-order valence-electron chi connectivity index (χ3n) is 7.14. The van der Waals surface area contributed by atoms with Gasteiger partial charge in [0.2, 0.25) is 0 Å². The number of hydrogen-bond acceptors (Lipinski definition) is 7.